The van der Waals surface area contributed by atoms with Crippen molar-refractivity contribution in [1.82, 2.24) is 15.0 Å². The van der Waals surface area contributed by atoms with E-state index in [1.807, 2.05) is 4.90 Å². The van der Waals surface area contributed by atoms with Crippen molar-refractivity contribution in [3.05, 3.63) is 57.9 Å². The fraction of sp³-hybridized carbons (Fsp3) is 0.238. The zero-order valence-electron chi connectivity index (χ0n) is 18.2. The molecule has 0 spiro atoms. The number of aromatic nitrogens is 3. The van der Waals surface area contributed by atoms with Gasteiger partial charge in [0.15, 0.2) is 11.5 Å². The Morgan fingerprint density at radius 3 is 2.51 bits per heavy atom. The van der Waals surface area contributed by atoms with Crippen LogP contribution in [0.25, 0.3) is 0 Å². The second kappa shape index (κ2) is 9.72. The number of ether oxygens (including phenoxy) is 3. The lowest BCUT2D eigenvalue weighted by atomic mass is 10.1. The second-order valence-electron chi connectivity index (χ2n) is 7.41. The van der Waals surface area contributed by atoms with Gasteiger partial charge >= 0.3 is 0 Å². The molecular weight excluding hydrogens is 463 g/mol. The van der Waals surface area contributed by atoms with E-state index in [-0.39, 0.29) is 35.8 Å². The molecule has 35 heavy (non-hydrogen) atoms. The lowest BCUT2D eigenvalue weighted by Crippen LogP contribution is -2.37. The Labute approximate surface area is 197 Å². The van der Waals surface area contributed by atoms with Gasteiger partial charge in [-0.05, 0) is 30.3 Å². The molecule has 0 atom stereocenters. The highest BCUT2D eigenvalue weighted by atomic mass is 19.1. The molecule has 3 aromatic rings. The van der Waals surface area contributed by atoms with Crippen LogP contribution in [0.3, 0.4) is 0 Å². The first-order valence-electron chi connectivity index (χ1n) is 10.5. The number of fused-ring (bicyclic) bond motifs is 1. The van der Waals surface area contributed by atoms with Gasteiger partial charge in [-0.25, -0.2) is 9.82 Å². The number of benzene rings is 2. The summed E-state index contributed by atoms with van der Waals surface area (Å²) in [6.07, 6.45) is 1.27. The number of hydrogen-bond donors (Lipinski definition) is 2. The molecule has 1 aromatic heterocycles. The predicted octanol–water partition coefficient (Wildman–Crippen LogP) is 2.67. The first kappa shape index (κ1) is 22.2. The molecule has 1 fully saturated rings. The van der Waals surface area contributed by atoms with Crippen molar-refractivity contribution in [1.29, 1.82) is 0 Å². The lowest BCUT2D eigenvalue weighted by Gasteiger charge is -2.27. The molecule has 0 amide bonds. The van der Waals surface area contributed by atoms with E-state index in [1.165, 1.54) is 30.5 Å². The van der Waals surface area contributed by atoms with E-state index in [9.17, 15) is 14.5 Å². The first-order chi connectivity index (χ1) is 17.0. The maximum atomic E-state index is 13.3. The van der Waals surface area contributed by atoms with Gasteiger partial charge in [0.05, 0.1) is 36.0 Å². The molecule has 0 radical (unpaired) electrons. The predicted molar refractivity (Wildman–Crippen MR) is 123 cm³/mol. The van der Waals surface area contributed by atoms with Crippen LogP contribution in [0.1, 0.15) is 5.56 Å². The summed E-state index contributed by atoms with van der Waals surface area (Å²) in [5, 5.41) is 18.6. The number of nitrogens with one attached hydrogen (secondary N) is 2. The Balaban J connectivity index is 1.41. The summed E-state index contributed by atoms with van der Waals surface area (Å²) in [4.78, 5) is 26.0. The summed E-state index contributed by atoms with van der Waals surface area (Å²) in [6.45, 7) is 2.23. The molecule has 0 aliphatic carbocycles. The van der Waals surface area contributed by atoms with E-state index in [2.05, 4.69) is 30.8 Å². The van der Waals surface area contributed by atoms with Crippen LogP contribution in [-0.2, 0) is 4.74 Å². The van der Waals surface area contributed by atoms with E-state index >= 15 is 0 Å². The molecule has 13 nitrogen and oxygen atoms in total. The minimum Gasteiger partial charge on any atom is -0.454 e. The van der Waals surface area contributed by atoms with Crippen LogP contribution in [0.4, 0.5) is 33.6 Å². The van der Waals surface area contributed by atoms with Gasteiger partial charge in [-0.3, -0.25) is 10.1 Å². The molecule has 1 saturated heterocycles. The molecule has 0 unspecified atom stereocenters. The van der Waals surface area contributed by atoms with E-state index in [1.54, 1.807) is 12.1 Å². The van der Waals surface area contributed by atoms with Crippen molar-refractivity contribution in [2.24, 2.45) is 5.10 Å². The van der Waals surface area contributed by atoms with Crippen molar-refractivity contribution < 1.29 is 23.5 Å². The number of anilines is 4. The smallest absolute Gasteiger partial charge is 0.282 e. The Kier molecular flexibility index (Phi) is 6.17. The average Bonchev–Trinajstić information content (AvgIpc) is 3.33. The molecule has 2 aliphatic rings. The molecule has 180 valence electrons. The first-order valence-corrected chi connectivity index (χ1v) is 10.5. The summed E-state index contributed by atoms with van der Waals surface area (Å²) < 4.78 is 29.1. The van der Waals surface area contributed by atoms with Gasteiger partial charge in [-0.2, -0.15) is 20.1 Å². The summed E-state index contributed by atoms with van der Waals surface area (Å²) in [7, 11) is 0. The second-order valence-corrected chi connectivity index (χ2v) is 7.41. The molecule has 0 bridgehead atoms. The molecule has 2 aromatic carbocycles. The number of halogens is 1. The molecule has 2 N–H and O–H groups in total. The minimum atomic E-state index is -0.534. The van der Waals surface area contributed by atoms with E-state index in [0.29, 0.717) is 49.4 Å². The standard InChI is InChI=1S/C21H19FN8O5/c22-14-1-3-15(4-2-14)24-19-25-20(27-21(26-19)29-5-7-33-8-6-29)28-23-11-13-9-17-18(35-12-34-17)10-16(13)30(31)32/h1-4,9-11H,5-8,12H2,(H2,24,25,26,27,28). The Hall–Kier alpha value is -4.59. The van der Waals surface area contributed by atoms with Crippen molar-refractivity contribution in [3.63, 3.8) is 0 Å². The van der Waals surface area contributed by atoms with Gasteiger partial charge in [0.25, 0.3) is 5.69 Å². The van der Waals surface area contributed by atoms with Crippen LogP contribution in [0.5, 0.6) is 11.5 Å². The molecule has 14 heteroatoms. The normalized spacial score (nSPS) is 14.8. The van der Waals surface area contributed by atoms with Gasteiger partial charge < -0.3 is 24.4 Å². The van der Waals surface area contributed by atoms with Crippen LogP contribution in [-0.4, -0.2) is 59.2 Å². The summed E-state index contributed by atoms with van der Waals surface area (Å²) >= 11 is 0. The maximum Gasteiger partial charge on any atom is 0.282 e. The molecular formula is C21H19FN8O5. The van der Waals surface area contributed by atoms with Crippen molar-refractivity contribution >= 4 is 35.4 Å². The zero-order chi connectivity index (χ0) is 24.2. The number of nitro groups is 1. The third-order valence-corrected chi connectivity index (χ3v) is 5.10. The molecule has 3 heterocycles. The van der Waals surface area contributed by atoms with E-state index in [0.717, 1.165) is 0 Å². The van der Waals surface area contributed by atoms with Crippen LogP contribution in [0.2, 0.25) is 0 Å². The van der Waals surface area contributed by atoms with Crippen LogP contribution in [0.15, 0.2) is 41.5 Å². The average molecular weight is 482 g/mol. The summed E-state index contributed by atoms with van der Waals surface area (Å²) in [5.74, 6) is 1.02. The number of hydrogen-bond acceptors (Lipinski definition) is 12. The monoisotopic (exact) mass is 482 g/mol. The SMILES string of the molecule is O=[N+]([O-])c1cc2c(cc1C=NNc1nc(Nc3ccc(F)cc3)nc(N3CCOCC3)n1)OCO2. The largest absolute Gasteiger partial charge is 0.454 e. The number of morpholine rings is 1. The van der Waals surface area contributed by atoms with E-state index in [4.69, 9.17) is 14.2 Å². The van der Waals surface area contributed by atoms with Gasteiger partial charge in [0, 0.05) is 18.8 Å². The Bertz CT molecular complexity index is 1270. The van der Waals surface area contributed by atoms with Gasteiger partial charge in [-0.15, -0.1) is 0 Å². The van der Waals surface area contributed by atoms with Gasteiger partial charge in [0.2, 0.25) is 24.6 Å². The fourth-order valence-corrected chi connectivity index (χ4v) is 3.41. The summed E-state index contributed by atoms with van der Waals surface area (Å²) in [6, 6.07) is 8.49. The highest BCUT2D eigenvalue weighted by molar-refractivity contribution is 5.87. The fourth-order valence-electron chi connectivity index (χ4n) is 3.41. The van der Waals surface area contributed by atoms with Gasteiger partial charge in [0.1, 0.15) is 5.82 Å². The van der Waals surface area contributed by atoms with Crippen molar-refractivity contribution in [2.45, 2.75) is 0 Å². The number of nitro benzene ring substituents is 1. The minimum absolute atomic E-state index is 0.00958. The molecule has 2 aliphatic heterocycles. The zero-order valence-corrected chi connectivity index (χ0v) is 18.2. The highest BCUT2D eigenvalue weighted by Gasteiger charge is 2.22. The number of hydrazone groups is 1. The summed E-state index contributed by atoms with van der Waals surface area (Å²) in [5.41, 5.74) is 3.29. The Morgan fingerprint density at radius 1 is 1.06 bits per heavy atom. The van der Waals surface area contributed by atoms with Crippen molar-refractivity contribution in [2.75, 3.05) is 48.7 Å². The maximum absolute atomic E-state index is 13.3. The van der Waals surface area contributed by atoms with Gasteiger partial charge in [-0.1, -0.05) is 0 Å². The third kappa shape index (κ3) is 5.16. The van der Waals surface area contributed by atoms with E-state index < -0.39 is 4.92 Å². The molecule has 5 rings (SSSR count). The van der Waals surface area contributed by atoms with Crippen molar-refractivity contribution in [3.8, 4) is 11.5 Å². The Morgan fingerprint density at radius 2 is 1.77 bits per heavy atom. The topological polar surface area (TPSA) is 149 Å². The van der Waals surface area contributed by atoms with Crippen LogP contribution < -0.4 is 25.1 Å². The van der Waals surface area contributed by atoms with Crippen LogP contribution in [0, 0.1) is 15.9 Å². The highest BCUT2D eigenvalue weighted by Crippen LogP contribution is 2.37. The van der Waals surface area contributed by atoms with Crippen LogP contribution >= 0.6 is 0 Å². The molecule has 0 saturated carbocycles. The quantitative estimate of drug-likeness (QED) is 0.291. The lowest BCUT2D eigenvalue weighted by molar-refractivity contribution is -0.385. The third-order valence-electron chi connectivity index (χ3n) is 5.10. The number of nitrogens with zero attached hydrogens (tertiary/aromatic N) is 6. The number of rotatable bonds is 7.